The highest BCUT2D eigenvalue weighted by Gasteiger charge is 2.36. The van der Waals surface area contributed by atoms with Gasteiger partial charge in [0.05, 0.1) is 25.3 Å². The fourth-order valence-electron chi connectivity index (χ4n) is 4.50. The number of esters is 1. The van der Waals surface area contributed by atoms with Crippen LogP contribution < -0.4 is 10.3 Å². The summed E-state index contributed by atoms with van der Waals surface area (Å²) in [6, 6.07) is 18.2. The van der Waals surface area contributed by atoms with Gasteiger partial charge in [-0.15, -0.1) is 0 Å². The Morgan fingerprint density at radius 3 is 2.37 bits per heavy atom. The molecule has 0 atom stereocenters. The van der Waals surface area contributed by atoms with E-state index in [-0.39, 0.29) is 29.4 Å². The molecule has 0 aliphatic rings. The van der Waals surface area contributed by atoms with Crippen LogP contribution in [0.25, 0.3) is 27.0 Å². The quantitative estimate of drug-likeness (QED) is 0.145. The molecule has 5 rings (SSSR count). The molecule has 0 amide bonds. The molecule has 0 spiro atoms. The lowest BCUT2D eigenvalue weighted by molar-refractivity contribution is -0.136. The molecule has 43 heavy (non-hydrogen) atoms. The highest BCUT2D eigenvalue weighted by molar-refractivity contribution is 6.35. The number of carbonyl (C=O) groups is 1. The Hall–Kier alpha value is -4.72. The monoisotopic (exact) mass is 625 g/mol. The van der Waals surface area contributed by atoms with Gasteiger partial charge < -0.3 is 19.0 Å². The fraction of sp³-hybridized carbons (Fsp3) is 0.129. The molecule has 0 aliphatic carbocycles. The number of aromatic nitrogens is 2. The molecule has 0 radical (unpaired) electrons. The Kier molecular flexibility index (Phi) is 8.22. The molecule has 2 aromatic heterocycles. The summed E-state index contributed by atoms with van der Waals surface area (Å²) in [4.78, 5) is 31.2. The maximum atomic E-state index is 13.9. The Balaban J connectivity index is 1.51. The summed E-state index contributed by atoms with van der Waals surface area (Å²) in [5.41, 5.74) is -1.83. The molecule has 2 heterocycles. The van der Waals surface area contributed by atoms with Gasteiger partial charge in [-0.3, -0.25) is 4.79 Å². The molecule has 0 aliphatic heterocycles. The predicted molar refractivity (Wildman–Crippen MR) is 157 cm³/mol. The van der Waals surface area contributed by atoms with Crippen LogP contribution >= 0.6 is 23.2 Å². The minimum absolute atomic E-state index is 0.0671. The Morgan fingerprint density at radius 2 is 1.72 bits per heavy atom. The molecule has 218 valence electrons. The topological polar surface area (TPSA) is 77.7 Å². The van der Waals surface area contributed by atoms with Gasteiger partial charge in [-0.2, -0.15) is 13.2 Å². The predicted octanol–water partition coefficient (Wildman–Crippen LogP) is 8.89. The van der Waals surface area contributed by atoms with Gasteiger partial charge in [0.2, 0.25) is 0 Å². The van der Waals surface area contributed by atoms with E-state index >= 15 is 0 Å². The molecule has 5 aromatic rings. The van der Waals surface area contributed by atoms with Crippen molar-refractivity contribution in [1.82, 2.24) is 9.55 Å². The van der Waals surface area contributed by atoms with Crippen LogP contribution in [0.1, 0.15) is 28.5 Å². The number of ether oxygens (including phenoxy) is 2. The molecular formula is C31H20Cl2F3N3O4. The molecule has 12 heteroatoms. The minimum Gasteiger partial charge on any atom is -0.461 e. The van der Waals surface area contributed by atoms with Crippen molar-refractivity contribution in [2.45, 2.75) is 19.6 Å². The number of hydrogen-bond acceptors (Lipinski definition) is 4. The smallest absolute Gasteiger partial charge is 0.407 e. The van der Waals surface area contributed by atoms with Crippen LogP contribution in [0, 0.1) is 6.57 Å². The zero-order valence-electron chi connectivity index (χ0n) is 22.3. The van der Waals surface area contributed by atoms with Crippen LogP contribution in [0.5, 0.6) is 11.5 Å². The van der Waals surface area contributed by atoms with Gasteiger partial charge in [-0.25, -0.2) is 9.64 Å². The molecule has 0 fully saturated rings. The van der Waals surface area contributed by atoms with Crippen molar-refractivity contribution in [2.24, 2.45) is 0 Å². The number of H-pyrrole nitrogens is 1. The first kappa shape index (κ1) is 29.8. The van der Waals surface area contributed by atoms with Crippen molar-refractivity contribution >= 4 is 45.8 Å². The van der Waals surface area contributed by atoms with E-state index in [9.17, 15) is 22.8 Å². The van der Waals surface area contributed by atoms with Crippen molar-refractivity contribution in [2.75, 3.05) is 6.61 Å². The van der Waals surface area contributed by atoms with Gasteiger partial charge in [0.15, 0.2) is 0 Å². The van der Waals surface area contributed by atoms with E-state index in [1.165, 1.54) is 18.2 Å². The van der Waals surface area contributed by atoms with Gasteiger partial charge in [0, 0.05) is 26.6 Å². The van der Waals surface area contributed by atoms with Crippen molar-refractivity contribution in [3.63, 3.8) is 0 Å². The summed E-state index contributed by atoms with van der Waals surface area (Å²) in [5, 5.41) is 1.27. The second kappa shape index (κ2) is 11.9. The van der Waals surface area contributed by atoms with Crippen LogP contribution in [0.2, 0.25) is 10.0 Å². The van der Waals surface area contributed by atoms with E-state index < -0.39 is 29.0 Å². The molecule has 0 saturated heterocycles. The number of carbonyl (C=O) groups excluding carboxylic acids is 1. The second-order valence-corrected chi connectivity index (χ2v) is 10.2. The summed E-state index contributed by atoms with van der Waals surface area (Å²) < 4.78 is 53.7. The van der Waals surface area contributed by atoms with Crippen LogP contribution in [0.3, 0.4) is 0 Å². The van der Waals surface area contributed by atoms with Gasteiger partial charge in [0.25, 0.3) is 11.2 Å². The third-order valence-corrected chi connectivity index (χ3v) is 7.10. The standard InChI is InChI=1S/C31H20Cl2F3N3O4/c1-3-42-30(41)26-13-19-12-22(10-11-25(19)38-26)43-21-8-5-17(6-9-21)27-15-23(31(34,35)36)28(37-2)29(40)39(27)16-18-4-7-20(32)14-24(18)33/h4-15,38H,3,16H2,1H3. The summed E-state index contributed by atoms with van der Waals surface area (Å²) in [7, 11) is 0. The largest absolute Gasteiger partial charge is 0.461 e. The van der Waals surface area contributed by atoms with E-state index in [1.54, 1.807) is 55.5 Å². The maximum Gasteiger partial charge on any atom is 0.407 e. The molecule has 7 nitrogen and oxygen atoms in total. The first-order chi connectivity index (χ1) is 20.5. The average molecular weight is 626 g/mol. The number of fused-ring (bicyclic) bond motifs is 1. The number of nitrogens with zero attached hydrogens (tertiary/aromatic N) is 2. The lowest BCUT2D eigenvalue weighted by Gasteiger charge is -2.19. The number of benzene rings is 3. The first-order valence-corrected chi connectivity index (χ1v) is 13.5. The molecule has 0 bridgehead atoms. The maximum absolute atomic E-state index is 13.9. The summed E-state index contributed by atoms with van der Waals surface area (Å²) in [6.45, 7) is 9.03. The number of alkyl halides is 3. The zero-order chi connectivity index (χ0) is 30.9. The number of aromatic amines is 1. The van der Waals surface area contributed by atoms with Crippen LogP contribution in [0.4, 0.5) is 18.9 Å². The van der Waals surface area contributed by atoms with Crippen molar-refractivity contribution < 1.29 is 27.4 Å². The van der Waals surface area contributed by atoms with Gasteiger partial charge in [-0.1, -0.05) is 29.3 Å². The molecule has 3 aromatic carbocycles. The summed E-state index contributed by atoms with van der Waals surface area (Å²) in [6.07, 6.45) is -4.93. The Morgan fingerprint density at radius 1 is 1.00 bits per heavy atom. The molecular weight excluding hydrogens is 606 g/mol. The van der Waals surface area contributed by atoms with E-state index in [0.29, 0.717) is 38.7 Å². The SMILES string of the molecule is [C-]#[N+]c1c(C(F)(F)F)cc(-c2ccc(Oc3ccc4[nH]c(C(=O)OCC)cc4c3)cc2)n(Cc2ccc(Cl)cc2Cl)c1=O. The number of rotatable bonds is 7. The van der Waals surface area contributed by atoms with Crippen molar-refractivity contribution in [1.29, 1.82) is 0 Å². The minimum atomic E-state index is -4.93. The number of hydrogen-bond donors (Lipinski definition) is 1. The van der Waals surface area contributed by atoms with E-state index in [1.807, 2.05) is 0 Å². The number of pyridine rings is 1. The summed E-state index contributed by atoms with van der Waals surface area (Å²) >= 11 is 12.3. The average Bonchev–Trinajstić information content (AvgIpc) is 3.39. The van der Waals surface area contributed by atoms with Crippen molar-refractivity contribution in [3.8, 4) is 22.8 Å². The summed E-state index contributed by atoms with van der Waals surface area (Å²) in [5.74, 6) is 0.337. The highest BCUT2D eigenvalue weighted by atomic mass is 35.5. The van der Waals surface area contributed by atoms with Gasteiger partial charge in [0.1, 0.15) is 17.2 Å². The van der Waals surface area contributed by atoms with E-state index in [2.05, 4.69) is 9.83 Å². The number of nitrogens with one attached hydrogen (secondary N) is 1. The molecule has 1 N–H and O–H groups in total. The fourth-order valence-corrected chi connectivity index (χ4v) is 4.97. The third kappa shape index (κ3) is 6.23. The van der Waals surface area contributed by atoms with Crippen LogP contribution in [-0.4, -0.2) is 22.1 Å². The Labute approximate surface area is 252 Å². The molecule has 0 saturated carbocycles. The van der Waals surface area contributed by atoms with Crippen LogP contribution in [0.15, 0.2) is 77.6 Å². The highest BCUT2D eigenvalue weighted by Crippen LogP contribution is 2.38. The van der Waals surface area contributed by atoms with E-state index in [0.717, 1.165) is 10.6 Å². The first-order valence-electron chi connectivity index (χ1n) is 12.7. The third-order valence-electron chi connectivity index (χ3n) is 6.51. The van der Waals surface area contributed by atoms with Crippen molar-refractivity contribution in [3.05, 3.63) is 121 Å². The Bertz CT molecular complexity index is 1960. The number of halogens is 5. The van der Waals surface area contributed by atoms with Gasteiger partial charge >= 0.3 is 12.1 Å². The molecule has 0 unspecified atom stereocenters. The van der Waals surface area contributed by atoms with Crippen LogP contribution in [-0.2, 0) is 17.5 Å². The normalized spacial score (nSPS) is 11.4. The van der Waals surface area contributed by atoms with E-state index in [4.69, 9.17) is 39.2 Å². The lowest BCUT2D eigenvalue weighted by atomic mass is 10.1. The van der Waals surface area contributed by atoms with Gasteiger partial charge in [-0.05, 0) is 84.8 Å². The zero-order valence-corrected chi connectivity index (χ0v) is 23.8. The second-order valence-electron chi connectivity index (χ2n) is 9.31. The lowest BCUT2D eigenvalue weighted by Crippen LogP contribution is -2.25.